The summed E-state index contributed by atoms with van der Waals surface area (Å²) >= 11 is 0. The molecule has 1 unspecified atom stereocenters. The molecule has 0 heterocycles. The van der Waals surface area contributed by atoms with E-state index in [2.05, 4.69) is 32.9 Å². The fourth-order valence-electron chi connectivity index (χ4n) is 1.90. The second-order valence-corrected chi connectivity index (χ2v) is 6.09. The van der Waals surface area contributed by atoms with Crippen LogP contribution in [-0.4, -0.2) is 12.6 Å². The van der Waals surface area contributed by atoms with Crippen LogP contribution in [0.2, 0.25) is 0 Å². The predicted molar refractivity (Wildman–Crippen MR) is 71.3 cm³/mol. The Morgan fingerprint density at radius 2 is 1.82 bits per heavy atom. The van der Waals surface area contributed by atoms with Gasteiger partial charge in [0.1, 0.15) is 12.4 Å². The summed E-state index contributed by atoms with van der Waals surface area (Å²) in [6.45, 7) is 7.28. The highest BCUT2D eigenvalue weighted by atomic mass is 16.5. The van der Waals surface area contributed by atoms with Crippen molar-refractivity contribution >= 4 is 0 Å². The van der Waals surface area contributed by atoms with Crippen LogP contribution in [0.5, 0.6) is 5.75 Å². The third kappa shape index (κ3) is 3.47. The average Bonchev–Trinajstić information content (AvgIpc) is 3.09. The Hall–Kier alpha value is -1.02. The highest BCUT2D eigenvalue weighted by molar-refractivity contribution is 5.31. The number of benzene rings is 1. The number of hydrogen-bond acceptors (Lipinski definition) is 2. The molecule has 1 aromatic carbocycles. The van der Waals surface area contributed by atoms with Gasteiger partial charge in [0.15, 0.2) is 0 Å². The van der Waals surface area contributed by atoms with Crippen LogP contribution in [0.3, 0.4) is 0 Å². The van der Waals surface area contributed by atoms with Crippen molar-refractivity contribution in [2.75, 3.05) is 6.61 Å². The molecular formula is C15H23NO. The first-order valence-corrected chi connectivity index (χ1v) is 6.46. The Kier molecular flexibility index (Phi) is 3.43. The highest BCUT2D eigenvalue weighted by Crippen LogP contribution is 2.32. The van der Waals surface area contributed by atoms with Gasteiger partial charge in [0.25, 0.3) is 0 Å². The van der Waals surface area contributed by atoms with Crippen molar-refractivity contribution in [1.82, 2.24) is 0 Å². The molecule has 2 rings (SSSR count). The number of nitrogens with two attached hydrogens (primary N) is 1. The van der Waals surface area contributed by atoms with E-state index in [-0.39, 0.29) is 11.5 Å². The molecule has 1 atom stereocenters. The normalized spacial score (nSPS) is 17.9. The smallest absolute Gasteiger partial charge is 0.119 e. The van der Waals surface area contributed by atoms with Gasteiger partial charge in [-0.15, -0.1) is 0 Å². The Balaban J connectivity index is 1.89. The molecule has 1 aromatic rings. The lowest BCUT2D eigenvalue weighted by atomic mass is 9.87. The zero-order valence-electron chi connectivity index (χ0n) is 11.1. The number of hydrogen-bond donors (Lipinski definition) is 1. The van der Waals surface area contributed by atoms with E-state index in [9.17, 15) is 0 Å². The summed E-state index contributed by atoms with van der Waals surface area (Å²) in [7, 11) is 0. The summed E-state index contributed by atoms with van der Waals surface area (Å²) in [5.41, 5.74) is 7.53. The lowest BCUT2D eigenvalue weighted by Gasteiger charge is -2.19. The van der Waals surface area contributed by atoms with Crippen molar-refractivity contribution in [3.63, 3.8) is 0 Å². The summed E-state index contributed by atoms with van der Waals surface area (Å²) in [6, 6.07) is 8.56. The van der Waals surface area contributed by atoms with Crippen molar-refractivity contribution in [3.8, 4) is 5.75 Å². The third-order valence-electron chi connectivity index (χ3n) is 3.39. The van der Waals surface area contributed by atoms with Crippen LogP contribution in [0.15, 0.2) is 24.3 Å². The van der Waals surface area contributed by atoms with Gasteiger partial charge >= 0.3 is 0 Å². The van der Waals surface area contributed by atoms with Crippen LogP contribution in [0.25, 0.3) is 0 Å². The van der Waals surface area contributed by atoms with Gasteiger partial charge in [-0.3, -0.25) is 0 Å². The van der Waals surface area contributed by atoms with E-state index in [1.165, 1.54) is 18.4 Å². The molecule has 0 spiro atoms. The van der Waals surface area contributed by atoms with Crippen molar-refractivity contribution < 1.29 is 4.74 Å². The molecule has 0 amide bonds. The molecule has 94 valence electrons. The third-order valence-corrected chi connectivity index (χ3v) is 3.39. The second-order valence-electron chi connectivity index (χ2n) is 6.09. The molecule has 0 bridgehead atoms. The van der Waals surface area contributed by atoms with Gasteiger partial charge < -0.3 is 10.5 Å². The van der Waals surface area contributed by atoms with Crippen molar-refractivity contribution in [3.05, 3.63) is 29.8 Å². The summed E-state index contributed by atoms with van der Waals surface area (Å²) in [6.07, 6.45) is 2.54. The molecule has 1 aliphatic rings. The largest absolute Gasteiger partial charge is 0.492 e. The fourth-order valence-corrected chi connectivity index (χ4v) is 1.90. The fraction of sp³-hybridized carbons (Fsp3) is 0.600. The molecule has 1 saturated carbocycles. The van der Waals surface area contributed by atoms with Crippen LogP contribution in [0.1, 0.15) is 39.2 Å². The first kappa shape index (κ1) is 12.4. The summed E-state index contributed by atoms with van der Waals surface area (Å²) in [4.78, 5) is 0. The Labute approximate surface area is 104 Å². The van der Waals surface area contributed by atoms with Gasteiger partial charge in [-0.2, -0.15) is 0 Å². The van der Waals surface area contributed by atoms with Crippen LogP contribution >= 0.6 is 0 Å². The molecule has 1 aliphatic carbocycles. The van der Waals surface area contributed by atoms with E-state index in [0.29, 0.717) is 12.5 Å². The van der Waals surface area contributed by atoms with Crippen LogP contribution < -0.4 is 10.5 Å². The summed E-state index contributed by atoms with van der Waals surface area (Å²) < 4.78 is 5.71. The van der Waals surface area contributed by atoms with Crippen molar-refractivity contribution in [2.24, 2.45) is 11.7 Å². The van der Waals surface area contributed by atoms with Crippen molar-refractivity contribution in [1.29, 1.82) is 0 Å². The van der Waals surface area contributed by atoms with E-state index in [1.807, 2.05) is 12.1 Å². The van der Waals surface area contributed by atoms with Gasteiger partial charge in [-0.25, -0.2) is 0 Å². The maximum Gasteiger partial charge on any atom is 0.119 e. The molecular weight excluding hydrogens is 210 g/mol. The molecule has 2 N–H and O–H groups in total. The molecule has 0 radical (unpaired) electrons. The van der Waals surface area contributed by atoms with Gasteiger partial charge in [-0.05, 0) is 41.9 Å². The van der Waals surface area contributed by atoms with E-state index in [4.69, 9.17) is 10.5 Å². The van der Waals surface area contributed by atoms with Gasteiger partial charge in [-0.1, -0.05) is 32.9 Å². The second kappa shape index (κ2) is 4.69. The van der Waals surface area contributed by atoms with Gasteiger partial charge in [0.2, 0.25) is 0 Å². The van der Waals surface area contributed by atoms with E-state index < -0.39 is 0 Å². The monoisotopic (exact) mass is 233 g/mol. The lowest BCUT2D eigenvalue weighted by Crippen LogP contribution is -2.29. The van der Waals surface area contributed by atoms with Crippen LogP contribution in [0.4, 0.5) is 0 Å². The minimum absolute atomic E-state index is 0.197. The maximum absolute atomic E-state index is 6.00. The lowest BCUT2D eigenvalue weighted by molar-refractivity contribution is 0.276. The molecule has 0 aliphatic heterocycles. The molecule has 0 aromatic heterocycles. The average molecular weight is 233 g/mol. The molecule has 1 fully saturated rings. The van der Waals surface area contributed by atoms with Crippen molar-refractivity contribution in [2.45, 2.75) is 45.1 Å². The maximum atomic E-state index is 6.00. The van der Waals surface area contributed by atoms with Crippen LogP contribution in [-0.2, 0) is 5.41 Å². The minimum Gasteiger partial charge on any atom is -0.492 e. The van der Waals surface area contributed by atoms with Gasteiger partial charge in [0.05, 0.1) is 0 Å². The zero-order chi connectivity index (χ0) is 12.5. The first-order chi connectivity index (χ1) is 7.97. The molecule has 0 saturated heterocycles. The number of rotatable bonds is 4. The van der Waals surface area contributed by atoms with Crippen LogP contribution in [0, 0.1) is 5.92 Å². The standard InChI is InChI=1S/C15H23NO/c1-15(2,3)12-6-8-13(9-7-12)17-10-14(16)11-4-5-11/h6-9,11,14H,4-5,10,16H2,1-3H3. The van der Waals surface area contributed by atoms with Gasteiger partial charge in [0, 0.05) is 6.04 Å². The quantitative estimate of drug-likeness (QED) is 0.867. The summed E-state index contributed by atoms with van der Waals surface area (Å²) in [5.74, 6) is 1.62. The Bertz CT molecular complexity index is 360. The predicted octanol–water partition coefficient (Wildman–Crippen LogP) is 3.10. The van der Waals surface area contributed by atoms with E-state index in [1.54, 1.807) is 0 Å². The highest BCUT2D eigenvalue weighted by Gasteiger charge is 2.28. The minimum atomic E-state index is 0.197. The van der Waals surface area contributed by atoms with E-state index >= 15 is 0 Å². The molecule has 17 heavy (non-hydrogen) atoms. The number of ether oxygens (including phenoxy) is 1. The SMILES string of the molecule is CC(C)(C)c1ccc(OCC(N)C2CC2)cc1. The Morgan fingerprint density at radius 1 is 1.24 bits per heavy atom. The molecule has 2 nitrogen and oxygen atoms in total. The zero-order valence-corrected chi connectivity index (χ0v) is 11.1. The summed E-state index contributed by atoms with van der Waals surface area (Å²) in [5, 5.41) is 0. The topological polar surface area (TPSA) is 35.2 Å². The van der Waals surface area contributed by atoms with E-state index in [0.717, 1.165) is 5.75 Å². The molecule has 2 heteroatoms. The first-order valence-electron chi connectivity index (χ1n) is 6.46. The Morgan fingerprint density at radius 3 is 2.29 bits per heavy atom.